The fourth-order valence-corrected chi connectivity index (χ4v) is 3.24. The molecule has 1 unspecified atom stereocenters. The summed E-state index contributed by atoms with van der Waals surface area (Å²) in [5.41, 5.74) is 0. The number of hydrogen-bond acceptors (Lipinski definition) is 5. The Kier molecular flexibility index (Phi) is 8.61. The SMILES string of the molecule is CCOC(=O)C1CCCN(C2CCCCC2)C1.O=C(O)C(=O)O. The van der Waals surface area contributed by atoms with Gasteiger partial charge in [0.2, 0.25) is 0 Å². The first-order valence-corrected chi connectivity index (χ1v) is 8.32. The van der Waals surface area contributed by atoms with E-state index in [4.69, 9.17) is 24.5 Å². The third kappa shape index (κ3) is 6.99. The number of carboxylic acid groups (broad SMARTS) is 2. The van der Waals surface area contributed by atoms with Gasteiger partial charge in [0.25, 0.3) is 0 Å². The first-order chi connectivity index (χ1) is 11.0. The molecule has 2 aliphatic rings. The molecule has 0 bridgehead atoms. The highest BCUT2D eigenvalue weighted by atomic mass is 16.5. The summed E-state index contributed by atoms with van der Waals surface area (Å²) < 4.78 is 5.15. The maximum absolute atomic E-state index is 11.8. The van der Waals surface area contributed by atoms with E-state index in [1.54, 1.807) is 0 Å². The first kappa shape index (κ1) is 19.4. The smallest absolute Gasteiger partial charge is 0.414 e. The van der Waals surface area contributed by atoms with Crippen molar-refractivity contribution in [1.82, 2.24) is 4.90 Å². The van der Waals surface area contributed by atoms with Crippen LogP contribution in [0.5, 0.6) is 0 Å². The Bertz CT molecular complexity index is 393. The van der Waals surface area contributed by atoms with Gasteiger partial charge in [0, 0.05) is 12.6 Å². The molecule has 1 saturated heterocycles. The minimum absolute atomic E-state index is 0.0213. The minimum atomic E-state index is -1.82. The largest absolute Gasteiger partial charge is 0.473 e. The van der Waals surface area contributed by atoms with Crippen molar-refractivity contribution in [3.8, 4) is 0 Å². The van der Waals surface area contributed by atoms with Crippen LogP contribution in [0, 0.1) is 5.92 Å². The van der Waals surface area contributed by atoms with Crippen molar-refractivity contribution in [2.24, 2.45) is 5.92 Å². The fourth-order valence-electron chi connectivity index (χ4n) is 3.24. The molecule has 0 aromatic rings. The summed E-state index contributed by atoms with van der Waals surface area (Å²) in [7, 11) is 0. The van der Waals surface area contributed by atoms with E-state index < -0.39 is 11.9 Å². The number of esters is 1. The van der Waals surface area contributed by atoms with Gasteiger partial charge in [-0.2, -0.15) is 0 Å². The highest BCUT2D eigenvalue weighted by Gasteiger charge is 2.30. The quantitative estimate of drug-likeness (QED) is 0.600. The van der Waals surface area contributed by atoms with Crippen molar-refractivity contribution < 1.29 is 29.3 Å². The molecule has 7 nitrogen and oxygen atoms in total. The van der Waals surface area contributed by atoms with Gasteiger partial charge in [-0.05, 0) is 39.2 Å². The zero-order valence-corrected chi connectivity index (χ0v) is 13.7. The molecule has 1 heterocycles. The molecule has 1 aliphatic heterocycles. The van der Waals surface area contributed by atoms with E-state index >= 15 is 0 Å². The highest BCUT2D eigenvalue weighted by molar-refractivity contribution is 6.27. The summed E-state index contributed by atoms with van der Waals surface area (Å²) in [5, 5.41) is 14.8. The molecule has 7 heteroatoms. The van der Waals surface area contributed by atoms with Crippen molar-refractivity contribution in [3.63, 3.8) is 0 Å². The van der Waals surface area contributed by atoms with E-state index in [1.807, 2.05) is 6.92 Å². The van der Waals surface area contributed by atoms with Crippen LogP contribution in [0.25, 0.3) is 0 Å². The lowest BCUT2D eigenvalue weighted by Gasteiger charge is -2.39. The Morgan fingerprint density at radius 3 is 2.13 bits per heavy atom. The molecule has 1 saturated carbocycles. The fraction of sp³-hybridized carbons (Fsp3) is 0.812. The number of ether oxygens (including phenoxy) is 1. The van der Waals surface area contributed by atoms with E-state index in [0.717, 1.165) is 25.4 Å². The number of likely N-dealkylation sites (tertiary alicyclic amines) is 1. The number of carbonyl (C=O) groups excluding carboxylic acids is 1. The number of rotatable bonds is 3. The number of carbonyl (C=O) groups is 3. The zero-order valence-electron chi connectivity index (χ0n) is 13.7. The lowest BCUT2D eigenvalue weighted by Crippen LogP contribution is -2.45. The Labute approximate surface area is 136 Å². The lowest BCUT2D eigenvalue weighted by molar-refractivity contribution is -0.159. The Morgan fingerprint density at radius 2 is 1.61 bits per heavy atom. The topological polar surface area (TPSA) is 104 Å². The van der Waals surface area contributed by atoms with E-state index in [2.05, 4.69) is 4.90 Å². The summed E-state index contributed by atoms with van der Waals surface area (Å²) in [4.78, 5) is 32.5. The number of nitrogens with zero attached hydrogens (tertiary/aromatic N) is 1. The number of aliphatic carboxylic acids is 2. The second-order valence-corrected chi connectivity index (χ2v) is 5.99. The van der Waals surface area contributed by atoms with E-state index in [1.165, 1.54) is 38.6 Å². The van der Waals surface area contributed by atoms with Crippen LogP contribution >= 0.6 is 0 Å². The summed E-state index contributed by atoms with van der Waals surface area (Å²) in [6.45, 7) is 4.52. The number of carboxylic acids is 2. The predicted octanol–water partition coefficient (Wildman–Crippen LogP) is 1.75. The van der Waals surface area contributed by atoms with Crippen molar-refractivity contribution in [1.29, 1.82) is 0 Å². The maximum atomic E-state index is 11.8. The Hall–Kier alpha value is -1.63. The third-order valence-corrected chi connectivity index (χ3v) is 4.35. The number of piperidine rings is 1. The van der Waals surface area contributed by atoms with Crippen LogP contribution in [0.2, 0.25) is 0 Å². The second kappa shape index (κ2) is 10.2. The van der Waals surface area contributed by atoms with E-state index in [9.17, 15) is 4.79 Å². The summed E-state index contributed by atoms with van der Waals surface area (Å²) in [6, 6.07) is 0.737. The van der Waals surface area contributed by atoms with Crippen LogP contribution in [-0.2, 0) is 19.1 Å². The molecular weight excluding hydrogens is 302 g/mol. The third-order valence-electron chi connectivity index (χ3n) is 4.35. The second-order valence-electron chi connectivity index (χ2n) is 5.99. The van der Waals surface area contributed by atoms with Gasteiger partial charge in [0.05, 0.1) is 12.5 Å². The van der Waals surface area contributed by atoms with Gasteiger partial charge in [-0.3, -0.25) is 9.69 Å². The van der Waals surface area contributed by atoms with Crippen LogP contribution in [0.15, 0.2) is 0 Å². The number of hydrogen-bond donors (Lipinski definition) is 2. The summed E-state index contributed by atoms with van der Waals surface area (Å²) >= 11 is 0. The standard InChI is InChI=1S/C14H25NO2.C2H2O4/c1-2-17-14(16)12-7-6-10-15(11-12)13-8-4-3-5-9-13;3-1(4)2(5)6/h12-13H,2-11H2,1H3;(H,3,4)(H,5,6). The van der Waals surface area contributed by atoms with E-state index in [0.29, 0.717) is 6.61 Å². The van der Waals surface area contributed by atoms with Crippen molar-refractivity contribution in [2.75, 3.05) is 19.7 Å². The van der Waals surface area contributed by atoms with Gasteiger partial charge in [0.1, 0.15) is 0 Å². The average Bonchev–Trinajstić information content (AvgIpc) is 2.56. The van der Waals surface area contributed by atoms with Gasteiger partial charge in [-0.15, -0.1) is 0 Å². The molecule has 0 radical (unpaired) electrons. The molecule has 0 amide bonds. The van der Waals surface area contributed by atoms with Gasteiger partial charge >= 0.3 is 17.9 Å². The van der Waals surface area contributed by atoms with Gasteiger partial charge in [0.15, 0.2) is 0 Å². The molecule has 1 aliphatic carbocycles. The Morgan fingerprint density at radius 1 is 1.00 bits per heavy atom. The monoisotopic (exact) mass is 329 g/mol. The van der Waals surface area contributed by atoms with Gasteiger partial charge in [-0.1, -0.05) is 19.3 Å². The maximum Gasteiger partial charge on any atom is 0.414 e. The lowest BCUT2D eigenvalue weighted by atomic mass is 9.90. The molecule has 23 heavy (non-hydrogen) atoms. The van der Waals surface area contributed by atoms with Crippen molar-refractivity contribution in [3.05, 3.63) is 0 Å². The molecule has 2 rings (SSSR count). The molecule has 2 fully saturated rings. The molecule has 1 atom stereocenters. The minimum Gasteiger partial charge on any atom is -0.473 e. The highest BCUT2D eigenvalue weighted by Crippen LogP contribution is 2.27. The predicted molar refractivity (Wildman–Crippen MR) is 83.1 cm³/mol. The van der Waals surface area contributed by atoms with Crippen LogP contribution in [0.1, 0.15) is 51.9 Å². The summed E-state index contributed by atoms with van der Waals surface area (Å²) in [5.74, 6) is -3.50. The molecular formula is C16H27NO6. The zero-order chi connectivity index (χ0) is 17.2. The van der Waals surface area contributed by atoms with Gasteiger partial charge < -0.3 is 14.9 Å². The van der Waals surface area contributed by atoms with Crippen molar-refractivity contribution in [2.45, 2.75) is 57.9 Å². The van der Waals surface area contributed by atoms with Crippen LogP contribution in [-0.4, -0.2) is 58.8 Å². The normalized spacial score (nSPS) is 22.6. The molecule has 2 N–H and O–H groups in total. The van der Waals surface area contributed by atoms with Gasteiger partial charge in [-0.25, -0.2) is 9.59 Å². The molecule has 0 spiro atoms. The Balaban J connectivity index is 0.000000379. The first-order valence-electron chi connectivity index (χ1n) is 8.32. The molecule has 132 valence electrons. The summed E-state index contributed by atoms with van der Waals surface area (Å²) in [6.07, 6.45) is 8.95. The average molecular weight is 329 g/mol. The van der Waals surface area contributed by atoms with Crippen LogP contribution in [0.4, 0.5) is 0 Å². The molecule has 0 aromatic carbocycles. The molecule has 0 aromatic heterocycles. The van der Waals surface area contributed by atoms with Crippen LogP contribution < -0.4 is 0 Å². The van der Waals surface area contributed by atoms with Crippen molar-refractivity contribution >= 4 is 17.9 Å². The van der Waals surface area contributed by atoms with E-state index in [-0.39, 0.29) is 11.9 Å². The van der Waals surface area contributed by atoms with Crippen LogP contribution in [0.3, 0.4) is 0 Å².